The van der Waals surface area contributed by atoms with E-state index in [0.717, 1.165) is 11.1 Å². The second-order valence-corrected chi connectivity index (χ2v) is 9.77. The standard InChI is InChI=1S/C30H28N4O5/c1-3-18(19-7-4-5-9-23(19)31-2)17-13-26(35)21(27(36)14-17)15-32-24-10-6-8-20-22(24)16-34(30(20)39)25-11-12-28(37)33-29(25)38/h3-10,15,17,25,35H,2,11-14,16H2,1H3,(H,33,37,38)/b18-3-,32-15?. The van der Waals surface area contributed by atoms with Crippen molar-refractivity contribution in [2.75, 3.05) is 0 Å². The lowest BCUT2D eigenvalue weighted by atomic mass is 9.79. The van der Waals surface area contributed by atoms with E-state index in [2.05, 4.69) is 22.0 Å². The van der Waals surface area contributed by atoms with Gasteiger partial charge < -0.3 is 10.0 Å². The molecule has 0 bridgehead atoms. The lowest BCUT2D eigenvalue weighted by Crippen LogP contribution is -2.52. The molecule has 9 nitrogen and oxygen atoms in total. The second-order valence-electron chi connectivity index (χ2n) is 9.77. The summed E-state index contributed by atoms with van der Waals surface area (Å²) in [6, 6.07) is 11.9. The van der Waals surface area contributed by atoms with Gasteiger partial charge in [0.25, 0.3) is 5.91 Å². The van der Waals surface area contributed by atoms with E-state index in [1.807, 2.05) is 37.3 Å². The number of aliphatic hydroxyl groups is 1. The fraction of sp³-hybridized carbons (Fsp3) is 0.267. The van der Waals surface area contributed by atoms with Gasteiger partial charge in [-0.15, -0.1) is 0 Å². The van der Waals surface area contributed by atoms with E-state index in [0.29, 0.717) is 22.5 Å². The van der Waals surface area contributed by atoms with Crippen molar-refractivity contribution in [1.29, 1.82) is 0 Å². The predicted molar refractivity (Wildman–Crippen MR) is 147 cm³/mol. The molecule has 2 aromatic carbocycles. The van der Waals surface area contributed by atoms with Crippen molar-refractivity contribution in [2.45, 2.75) is 45.2 Å². The Morgan fingerprint density at radius 1 is 1.08 bits per heavy atom. The van der Waals surface area contributed by atoms with E-state index in [1.165, 1.54) is 11.1 Å². The van der Waals surface area contributed by atoms with Crippen LogP contribution >= 0.6 is 0 Å². The molecule has 1 saturated heterocycles. The molecule has 2 unspecified atom stereocenters. The number of carbonyl (C=O) groups is 4. The number of allylic oxidation sites excluding steroid dienone is 4. The zero-order valence-electron chi connectivity index (χ0n) is 21.5. The van der Waals surface area contributed by atoms with Crippen molar-refractivity contribution in [2.24, 2.45) is 15.9 Å². The first-order valence-electron chi connectivity index (χ1n) is 12.8. The average Bonchev–Trinajstić information content (AvgIpc) is 3.25. The molecule has 0 spiro atoms. The first kappa shape index (κ1) is 26.0. The molecule has 2 atom stereocenters. The molecule has 2 N–H and O–H groups in total. The molecule has 0 saturated carbocycles. The van der Waals surface area contributed by atoms with E-state index in [9.17, 15) is 24.3 Å². The maximum absolute atomic E-state index is 13.1. The number of amides is 3. The van der Waals surface area contributed by atoms with Gasteiger partial charge >= 0.3 is 0 Å². The van der Waals surface area contributed by atoms with Crippen molar-refractivity contribution in [3.8, 4) is 0 Å². The Hall–Kier alpha value is -4.66. The fourth-order valence-electron chi connectivity index (χ4n) is 5.57. The van der Waals surface area contributed by atoms with E-state index in [-0.39, 0.29) is 67.1 Å². The number of hydrogen-bond donors (Lipinski definition) is 2. The molecule has 2 heterocycles. The van der Waals surface area contributed by atoms with Crippen LogP contribution in [-0.4, -0.2) is 52.5 Å². The maximum Gasteiger partial charge on any atom is 0.255 e. The molecule has 5 rings (SSSR count). The average molecular weight is 525 g/mol. The first-order chi connectivity index (χ1) is 18.8. The summed E-state index contributed by atoms with van der Waals surface area (Å²) in [6.07, 6.45) is 4.20. The molecule has 0 radical (unpaired) electrons. The number of aliphatic imine (C=N–C) groups is 2. The number of piperidine rings is 1. The van der Waals surface area contributed by atoms with Gasteiger partial charge in [0.15, 0.2) is 5.78 Å². The smallest absolute Gasteiger partial charge is 0.255 e. The summed E-state index contributed by atoms with van der Waals surface area (Å²) in [7, 11) is 0. The third-order valence-corrected chi connectivity index (χ3v) is 7.51. The van der Waals surface area contributed by atoms with Crippen molar-refractivity contribution in [1.82, 2.24) is 10.2 Å². The quantitative estimate of drug-likeness (QED) is 0.428. The van der Waals surface area contributed by atoms with E-state index in [4.69, 9.17) is 0 Å². The van der Waals surface area contributed by atoms with Crippen LogP contribution < -0.4 is 5.32 Å². The Labute approximate surface area is 225 Å². The van der Waals surface area contributed by atoms with Gasteiger partial charge in [-0.25, -0.2) is 0 Å². The number of Topliss-reactive ketones (excluding diaryl/α,β-unsaturated/α-hetero) is 1. The van der Waals surface area contributed by atoms with Crippen LogP contribution in [-0.2, 0) is 20.9 Å². The summed E-state index contributed by atoms with van der Waals surface area (Å²) in [5, 5.41) is 13.2. The second kappa shape index (κ2) is 10.6. The molecule has 1 fully saturated rings. The molecule has 0 aromatic heterocycles. The molecular formula is C30H28N4O5. The third-order valence-electron chi connectivity index (χ3n) is 7.51. The van der Waals surface area contributed by atoms with E-state index in [1.54, 1.807) is 18.2 Å². The zero-order chi connectivity index (χ0) is 27.7. The summed E-state index contributed by atoms with van der Waals surface area (Å²) < 4.78 is 0. The Bertz CT molecular complexity index is 1500. The molecular weight excluding hydrogens is 496 g/mol. The van der Waals surface area contributed by atoms with Crippen LogP contribution in [0.1, 0.15) is 54.1 Å². The third kappa shape index (κ3) is 4.83. The number of nitrogens with one attached hydrogen (secondary N) is 1. The predicted octanol–water partition coefficient (Wildman–Crippen LogP) is 4.38. The number of nitrogens with zero attached hydrogens (tertiary/aromatic N) is 3. The summed E-state index contributed by atoms with van der Waals surface area (Å²) in [6.45, 7) is 5.70. The van der Waals surface area contributed by atoms with Crippen LogP contribution in [0.3, 0.4) is 0 Å². The van der Waals surface area contributed by atoms with Gasteiger partial charge in [0.1, 0.15) is 11.8 Å². The van der Waals surface area contributed by atoms with Gasteiger partial charge in [-0.1, -0.05) is 30.3 Å². The number of fused-ring (bicyclic) bond motifs is 1. The summed E-state index contributed by atoms with van der Waals surface area (Å²) in [4.78, 5) is 60.1. The van der Waals surface area contributed by atoms with Crippen LogP contribution in [0.4, 0.5) is 11.4 Å². The van der Waals surface area contributed by atoms with Crippen LogP contribution in [0.2, 0.25) is 0 Å². The van der Waals surface area contributed by atoms with Crippen molar-refractivity contribution in [3.05, 3.63) is 76.6 Å². The van der Waals surface area contributed by atoms with E-state index >= 15 is 0 Å². The number of ketones is 1. The van der Waals surface area contributed by atoms with Gasteiger partial charge in [-0.05, 0) is 49.8 Å². The largest absolute Gasteiger partial charge is 0.511 e. The normalized spacial score (nSPS) is 22.0. The van der Waals surface area contributed by atoms with Gasteiger partial charge in [0.2, 0.25) is 11.8 Å². The highest BCUT2D eigenvalue weighted by Crippen LogP contribution is 2.39. The minimum atomic E-state index is -0.731. The van der Waals surface area contributed by atoms with Crippen molar-refractivity contribution in [3.63, 3.8) is 0 Å². The molecule has 3 amide bonds. The molecule has 198 valence electrons. The number of hydrogen-bond acceptors (Lipinski definition) is 7. The molecule has 9 heteroatoms. The highest BCUT2D eigenvalue weighted by atomic mass is 16.3. The number of aliphatic hydroxyl groups excluding tert-OH is 1. The maximum atomic E-state index is 13.1. The minimum Gasteiger partial charge on any atom is -0.511 e. The highest BCUT2D eigenvalue weighted by Gasteiger charge is 2.40. The lowest BCUT2D eigenvalue weighted by Gasteiger charge is -2.29. The SMILES string of the molecule is C=Nc1ccccc1/C(=C\C)C1CC(=O)C(C=Nc2cccc3c2CN(C2CCC(=O)NC2=O)C3=O)=C(O)C1. The number of rotatable bonds is 6. The number of carbonyl (C=O) groups excluding carboxylic acids is 4. The van der Waals surface area contributed by atoms with Gasteiger partial charge in [-0.3, -0.25) is 34.5 Å². The monoisotopic (exact) mass is 524 g/mol. The van der Waals surface area contributed by atoms with Gasteiger partial charge in [-0.2, -0.15) is 0 Å². The van der Waals surface area contributed by atoms with Crippen LogP contribution in [0.5, 0.6) is 0 Å². The summed E-state index contributed by atoms with van der Waals surface area (Å²) >= 11 is 0. The molecule has 3 aliphatic rings. The molecule has 2 aromatic rings. The summed E-state index contributed by atoms with van der Waals surface area (Å²) in [5.74, 6) is -1.63. The summed E-state index contributed by atoms with van der Waals surface area (Å²) in [5.41, 5.74) is 4.19. The first-order valence-corrected chi connectivity index (χ1v) is 12.8. The van der Waals surface area contributed by atoms with Crippen LogP contribution in [0.25, 0.3) is 5.57 Å². The van der Waals surface area contributed by atoms with Crippen molar-refractivity contribution < 1.29 is 24.3 Å². The van der Waals surface area contributed by atoms with E-state index < -0.39 is 11.9 Å². The van der Waals surface area contributed by atoms with Crippen LogP contribution in [0, 0.1) is 5.92 Å². The topological polar surface area (TPSA) is 128 Å². The Balaban J connectivity index is 1.38. The number of benzene rings is 2. The number of para-hydroxylation sites is 1. The Morgan fingerprint density at radius 2 is 1.85 bits per heavy atom. The molecule has 1 aliphatic carbocycles. The minimum absolute atomic E-state index is 0.0442. The fourth-order valence-corrected chi connectivity index (χ4v) is 5.57. The zero-order valence-corrected chi connectivity index (χ0v) is 21.5. The Kier molecular flexibility index (Phi) is 7.06. The highest BCUT2D eigenvalue weighted by molar-refractivity contribution is 6.15. The van der Waals surface area contributed by atoms with Gasteiger partial charge in [0.05, 0.1) is 16.9 Å². The van der Waals surface area contributed by atoms with Crippen molar-refractivity contribution >= 4 is 53.4 Å². The van der Waals surface area contributed by atoms with Crippen LogP contribution in [0.15, 0.2) is 69.9 Å². The Morgan fingerprint density at radius 3 is 2.56 bits per heavy atom. The lowest BCUT2D eigenvalue weighted by molar-refractivity contribution is -0.137. The van der Waals surface area contributed by atoms with Gasteiger partial charge in [0, 0.05) is 48.7 Å². The molecule has 2 aliphatic heterocycles. The number of imide groups is 1. The molecule has 39 heavy (non-hydrogen) atoms.